The Morgan fingerprint density at radius 3 is 2.04 bits per heavy atom. The molecule has 0 spiro atoms. The maximum atomic E-state index is 12.0. The summed E-state index contributed by atoms with van der Waals surface area (Å²) in [6.07, 6.45) is 4.32. The van der Waals surface area contributed by atoms with Crippen LogP contribution < -0.4 is 9.47 Å². The zero-order valence-electron chi connectivity index (χ0n) is 15.0. The molecule has 0 radical (unpaired) electrons. The Morgan fingerprint density at radius 1 is 1.00 bits per heavy atom. The van der Waals surface area contributed by atoms with Crippen LogP contribution in [0, 0.1) is 5.92 Å². The average molecular weight is 383 g/mol. The summed E-state index contributed by atoms with van der Waals surface area (Å²) in [5.41, 5.74) is 1.92. The van der Waals surface area contributed by atoms with Gasteiger partial charge in [0.1, 0.15) is 11.5 Å². The van der Waals surface area contributed by atoms with Gasteiger partial charge in [0.2, 0.25) is 0 Å². The van der Waals surface area contributed by atoms with Crippen molar-refractivity contribution in [3.05, 3.63) is 59.7 Å². The van der Waals surface area contributed by atoms with E-state index in [1.807, 2.05) is 0 Å². The zero-order valence-corrected chi connectivity index (χ0v) is 15.7. The second-order valence-corrected chi connectivity index (χ2v) is 7.51. The summed E-state index contributed by atoms with van der Waals surface area (Å²) < 4.78 is 11.4. The standard InChI is InChI=1S/C22H19ClO4/c1-4-17(24)26-21-15-7-6-12(23)10-16(15)22(27-18(25)5-2)20-14-9-8-13(11(14)3)19(20)21/h4-7,10-11,13-14H,1-2,8-9H2,3H3. The van der Waals surface area contributed by atoms with E-state index in [1.165, 1.54) is 0 Å². The number of esters is 2. The average Bonchev–Trinajstić information content (AvgIpc) is 3.16. The molecule has 0 aromatic heterocycles. The molecule has 0 aliphatic heterocycles. The van der Waals surface area contributed by atoms with Crippen LogP contribution >= 0.6 is 11.6 Å². The van der Waals surface area contributed by atoms with Gasteiger partial charge in [0, 0.05) is 39.1 Å². The maximum Gasteiger partial charge on any atom is 0.335 e. The zero-order chi connectivity index (χ0) is 19.3. The highest BCUT2D eigenvalue weighted by molar-refractivity contribution is 6.31. The SMILES string of the molecule is C=CC(=O)Oc1c2c(c(OC(=O)C=C)c3cc(Cl)ccc13)C1CCC2C1C. The Morgan fingerprint density at radius 2 is 1.52 bits per heavy atom. The summed E-state index contributed by atoms with van der Waals surface area (Å²) in [4.78, 5) is 24.1. The quantitative estimate of drug-likeness (QED) is 0.409. The molecule has 138 valence electrons. The molecular weight excluding hydrogens is 364 g/mol. The second kappa shape index (κ2) is 6.54. The topological polar surface area (TPSA) is 52.6 Å². The molecule has 1 fully saturated rings. The third-order valence-corrected chi connectivity index (χ3v) is 6.02. The number of ether oxygens (including phenoxy) is 2. The monoisotopic (exact) mass is 382 g/mol. The number of hydrogen-bond acceptors (Lipinski definition) is 4. The van der Waals surface area contributed by atoms with Gasteiger partial charge in [0.15, 0.2) is 0 Å². The number of benzene rings is 2. The van der Waals surface area contributed by atoms with Gasteiger partial charge in [0.05, 0.1) is 0 Å². The predicted molar refractivity (Wildman–Crippen MR) is 105 cm³/mol. The molecule has 0 saturated heterocycles. The van der Waals surface area contributed by atoms with Gasteiger partial charge in [-0.15, -0.1) is 0 Å². The van der Waals surface area contributed by atoms with Gasteiger partial charge in [-0.25, -0.2) is 9.59 Å². The first-order valence-corrected chi connectivity index (χ1v) is 9.31. The fourth-order valence-electron chi connectivity index (χ4n) is 4.66. The van der Waals surface area contributed by atoms with Crippen molar-refractivity contribution in [3.63, 3.8) is 0 Å². The number of carbonyl (C=O) groups is 2. The molecule has 1 saturated carbocycles. The molecule has 2 aliphatic carbocycles. The van der Waals surface area contributed by atoms with Crippen molar-refractivity contribution >= 4 is 34.3 Å². The van der Waals surface area contributed by atoms with E-state index in [9.17, 15) is 9.59 Å². The molecular formula is C22H19ClO4. The first-order chi connectivity index (χ1) is 13.0. The Labute approximate surface area is 162 Å². The van der Waals surface area contributed by atoms with Crippen LogP contribution in [0.25, 0.3) is 10.8 Å². The van der Waals surface area contributed by atoms with Crippen molar-refractivity contribution in [2.24, 2.45) is 5.92 Å². The smallest absolute Gasteiger partial charge is 0.335 e. The highest BCUT2D eigenvalue weighted by atomic mass is 35.5. The minimum atomic E-state index is -0.523. The minimum Gasteiger partial charge on any atom is -0.422 e. The summed E-state index contributed by atoms with van der Waals surface area (Å²) in [5.74, 6) is 0.893. The Balaban J connectivity index is 2.08. The van der Waals surface area contributed by atoms with E-state index in [4.69, 9.17) is 21.1 Å². The third-order valence-electron chi connectivity index (χ3n) is 5.79. The van der Waals surface area contributed by atoms with Crippen LogP contribution in [-0.4, -0.2) is 11.9 Å². The molecule has 2 bridgehead atoms. The largest absolute Gasteiger partial charge is 0.422 e. The lowest BCUT2D eigenvalue weighted by molar-refractivity contribution is -0.130. The Hall–Kier alpha value is -2.59. The molecule has 3 atom stereocenters. The van der Waals surface area contributed by atoms with Crippen LogP contribution in [0.3, 0.4) is 0 Å². The van der Waals surface area contributed by atoms with Crippen LogP contribution in [0.2, 0.25) is 5.02 Å². The molecule has 2 aromatic carbocycles. The highest BCUT2D eigenvalue weighted by Crippen LogP contribution is 2.63. The molecule has 2 aliphatic rings. The molecule has 4 nitrogen and oxygen atoms in total. The van der Waals surface area contributed by atoms with Crippen LogP contribution in [0.4, 0.5) is 0 Å². The second-order valence-electron chi connectivity index (χ2n) is 7.08. The number of halogens is 1. The van der Waals surface area contributed by atoms with Crippen molar-refractivity contribution in [2.75, 3.05) is 0 Å². The summed E-state index contributed by atoms with van der Waals surface area (Å²) in [5, 5.41) is 1.86. The van der Waals surface area contributed by atoms with Gasteiger partial charge in [-0.1, -0.05) is 31.7 Å². The van der Waals surface area contributed by atoms with E-state index in [0.717, 1.165) is 36.1 Å². The van der Waals surface area contributed by atoms with Crippen molar-refractivity contribution in [1.82, 2.24) is 0 Å². The normalized spacial score (nSPS) is 22.4. The van der Waals surface area contributed by atoms with Gasteiger partial charge >= 0.3 is 11.9 Å². The minimum absolute atomic E-state index is 0.252. The first-order valence-electron chi connectivity index (χ1n) is 8.93. The van der Waals surface area contributed by atoms with Crippen LogP contribution in [0.1, 0.15) is 42.7 Å². The lowest BCUT2D eigenvalue weighted by Gasteiger charge is -2.23. The van der Waals surface area contributed by atoms with E-state index in [2.05, 4.69) is 20.1 Å². The molecule has 4 rings (SSSR count). The van der Waals surface area contributed by atoms with Crippen molar-refractivity contribution < 1.29 is 19.1 Å². The maximum absolute atomic E-state index is 12.0. The molecule has 0 amide bonds. The molecule has 5 heteroatoms. The van der Waals surface area contributed by atoms with E-state index >= 15 is 0 Å². The lowest BCUT2D eigenvalue weighted by Crippen LogP contribution is -2.12. The van der Waals surface area contributed by atoms with Crippen molar-refractivity contribution in [1.29, 1.82) is 0 Å². The number of fused-ring (bicyclic) bond motifs is 6. The molecule has 2 aromatic rings. The fraction of sp³-hybridized carbons (Fsp3) is 0.273. The lowest BCUT2D eigenvalue weighted by atomic mass is 9.87. The summed E-state index contributed by atoms with van der Waals surface area (Å²) in [7, 11) is 0. The fourth-order valence-corrected chi connectivity index (χ4v) is 4.83. The van der Waals surface area contributed by atoms with Gasteiger partial charge in [-0.05, 0) is 48.8 Å². The summed E-state index contributed by atoms with van der Waals surface area (Å²) in [6.45, 7) is 9.19. The summed E-state index contributed by atoms with van der Waals surface area (Å²) >= 11 is 6.22. The van der Waals surface area contributed by atoms with E-state index in [0.29, 0.717) is 33.2 Å². The van der Waals surface area contributed by atoms with Gasteiger partial charge in [-0.3, -0.25) is 0 Å². The number of carbonyl (C=O) groups excluding carboxylic acids is 2. The predicted octanol–water partition coefficient (Wildman–Crippen LogP) is 5.29. The third kappa shape index (κ3) is 2.67. The van der Waals surface area contributed by atoms with Gasteiger partial charge in [-0.2, -0.15) is 0 Å². The highest BCUT2D eigenvalue weighted by Gasteiger charge is 2.48. The molecule has 27 heavy (non-hydrogen) atoms. The Bertz CT molecular complexity index is 1010. The number of rotatable bonds is 4. The summed E-state index contributed by atoms with van der Waals surface area (Å²) in [6, 6.07) is 5.27. The van der Waals surface area contributed by atoms with Crippen molar-refractivity contribution in [2.45, 2.75) is 31.6 Å². The van der Waals surface area contributed by atoms with Gasteiger partial charge in [0.25, 0.3) is 0 Å². The van der Waals surface area contributed by atoms with Crippen LogP contribution in [-0.2, 0) is 9.59 Å². The Kier molecular flexibility index (Phi) is 4.31. The van der Waals surface area contributed by atoms with Crippen molar-refractivity contribution in [3.8, 4) is 11.5 Å². The van der Waals surface area contributed by atoms with Gasteiger partial charge < -0.3 is 9.47 Å². The first kappa shape index (κ1) is 17.8. The molecule has 0 heterocycles. The molecule has 0 N–H and O–H groups in total. The van der Waals surface area contributed by atoms with Crippen LogP contribution in [0.15, 0.2) is 43.5 Å². The van der Waals surface area contributed by atoms with E-state index in [1.54, 1.807) is 18.2 Å². The van der Waals surface area contributed by atoms with Crippen LogP contribution in [0.5, 0.6) is 11.5 Å². The van der Waals surface area contributed by atoms with E-state index < -0.39 is 11.9 Å². The molecule has 3 unspecified atom stereocenters. The van der Waals surface area contributed by atoms with E-state index in [-0.39, 0.29) is 11.8 Å². The number of hydrogen-bond donors (Lipinski definition) is 0.